The van der Waals surface area contributed by atoms with Gasteiger partial charge >= 0.3 is 0 Å². The second-order valence-corrected chi connectivity index (χ2v) is 7.37. The number of hydrogen-bond donors (Lipinski definition) is 0. The summed E-state index contributed by atoms with van der Waals surface area (Å²) >= 11 is 1.62. The molecule has 1 aromatic heterocycles. The van der Waals surface area contributed by atoms with Crippen LogP contribution in [0.4, 0.5) is 0 Å². The average molecular weight is 274 g/mol. The molecule has 5 heteroatoms. The molecule has 4 bridgehead atoms. The third-order valence-corrected chi connectivity index (χ3v) is 6.03. The van der Waals surface area contributed by atoms with Gasteiger partial charge in [-0.2, -0.15) is 5.26 Å². The van der Waals surface area contributed by atoms with Gasteiger partial charge in [0, 0.05) is 0 Å². The van der Waals surface area contributed by atoms with Crippen molar-refractivity contribution in [1.82, 2.24) is 14.8 Å². The smallest absolute Gasteiger partial charge is 0.236 e. The second-order valence-electron chi connectivity index (χ2n) is 6.60. The van der Waals surface area contributed by atoms with E-state index in [2.05, 4.69) is 20.8 Å². The summed E-state index contributed by atoms with van der Waals surface area (Å²) < 4.78 is 2.20. The molecule has 100 valence electrons. The first-order chi connectivity index (χ1) is 9.24. The minimum Gasteiger partial charge on any atom is -0.287 e. The van der Waals surface area contributed by atoms with Gasteiger partial charge in [-0.15, -0.1) is 10.2 Å². The molecule has 0 atom stereocenters. The van der Waals surface area contributed by atoms with E-state index in [-0.39, 0.29) is 5.54 Å². The zero-order valence-corrected chi connectivity index (χ0v) is 12.0. The lowest BCUT2D eigenvalue weighted by atomic mass is 9.53. The zero-order valence-electron chi connectivity index (χ0n) is 11.2. The van der Waals surface area contributed by atoms with Crippen LogP contribution < -0.4 is 0 Å². The van der Waals surface area contributed by atoms with Crippen molar-refractivity contribution >= 4 is 11.8 Å². The van der Waals surface area contributed by atoms with E-state index in [1.807, 2.05) is 6.26 Å². The van der Waals surface area contributed by atoms with Crippen molar-refractivity contribution in [2.75, 3.05) is 6.26 Å². The molecule has 4 aliphatic carbocycles. The van der Waals surface area contributed by atoms with Gasteiger partial charge < -0.3 is 0 Å². The van der Waals surface area contributed by atoms with Crippen molar-refractivity contribution in [2.24, 2.45) is 17.8 Å². The van der Waals surface area contributed by atoms with Gasteiger partial charge in [0.1, 0.15) is 6.07 Å². The van der Waals surface area contributed by atoms with Crippen LogP contribution in [-0.4, -0.2) is 21.0 Å². The molecular formula is C14H18N4S. The third kappa shape index (κ3) is 1.59. The number of nitrogens with zero attached hydrogens (tertiary/aromatic N) is 4. The number of nitriles is 1. The molecule has 0 aromatic carbocycles. The van der Waals surface area contributed by atoms with Gasteiger partial charge in [-0.1, -0.05) is 11.8 Å². The molecule has 0 spiro atoms. The van der Waals surface area contributed by atoms with Crippen molar-refractivity contribution < 1.29 is 0 Å². The first-order valence-electron chi connectivity index (χ1n) is 7.14. The summed E-state index contributed by atoms with van der Waals surface area (Å²) in [6, 6.07) is 2.25. The molecule has 4 saturated carbocycles. The lowest BCUT2D eigenvalue weighted by Gasteiger charge is -2.57. The Balaban J connectivity index is 1.84. The molecular weight excluding hydrogens is 256 g/mol. The van der Waals surface area contributed by atoms with Gasteiger partial charge in [-0.05, 0) is 62.5 Å². The Hall–Kier alpha value is -1.02. The predicted octanol–water partition coefficient (Wildman–Crippen LogP) is 2.80. The highest BCUT2D eigenvalue weighted by Gasteiger charge is 2.53. The third-order valence-electron chi connectivity index (χ3n) is 5.40. The van der Waals surface area contributed by atoms with Gasteiger partial charge in [0.25, 0.3) is 0 Å². The second kappa shape index (κ2) is 3.99. The number of hydrogen-bond acceptors (Lipinski definition) is 4. The zero-order chi connectivity index (χ0) is 13.0. The van der Waals surface area contributed by atoms with E-state index in [1.165, 1.54) is 38.5 Å². The molecule has 0 N–H and O–H groups in total. The lowest BCUT2D eigenvalue weighted by Crippen LogP contribution is -2.52. The van der Waals surface area contributed by atoms with E-state index in [0.29, 0.717) is 5.82 Å². The van der Waals surface area contributed by atoms with E-state index in [4.69, 9.17) is 0 Å². The Morgan fingerprint density at radius 2 is 1.74 bits per heavy atom. The summed E-state index contributed by atoms with van der Waals surface area (Å²) in [5, 5.41) is 18.6. The van der Waals surface area contributed by atoms with Gasteiger partial charge in [0.05, 0.1) is 5.54 Å². The van der Waals surface area contributed by atoms with Crippen LogP contribution in [0.1, 0.15) is 44.3 Å². The molecule has 4 aliphatic rings. The standard InChI is InChI=1S/C14H18N4S/c1-19-13-17-16-12(8-15)18(13)14-5-9-2-10(6-14)4-11(3-9)7-14/h9-11H,2-7H2,1H3. The Labute approximate surface area is 117 Å². The van der Waals surface area contributed by atoms with E-state index in [0.717, 1.165) is 22.9 Å². The monoisotopic (exact) mass is 274 g/mol. The van der Waals surface area contributed by atoms with Crippen LogP contribution in [-0.2, 0) is 5.54 Å². The summed E-state index contributed by atoms with van der Waals surface area (Å²) in [6.45, 7) is 0. The average Bonchev–Trinajstić information content (AvgIpc) is 2.80. The Morgan fingerprint density at radius 1 is 1.16 bits per heavy atom. The molecule has 5 rings (SSSR count). The summed E-state index contributed by atoms with van der Waals surface area (Å²) in [6.07, 6.45) is 9.98. The number of rotatable bonds is 2. The molecule has 19 heavy (non-hydrogen) atoms. The summed E-state index contributed by atoms with van der Waals surface area (Å²) in [7, 11) is 0. The van der Waals surface area contributed by atoms with Gasteiger partial charge in [0.2, 0.25) is 5.82 Å². The predicted molar refractivity (Wildman–Crippen MR) is 72.7 cm³/mol. The Kier molecular flexibility index (Phi) is 2.47. The summed E-state index contributed by atoms with van der Waals surface area (Å²) in [5.41, 5.74) is 0.154. The molecule has 0 unspecified atom stereocenters. The fourth-order valence-corrected chi connectivity index (χ4v) is 5.83. The van der Waals surface area contributed by atoms with E-state index in [9.17, 15) is 5.26 Å². The van der Waals surface area contributed by atoms with Crippen LogP contribution in [0.5, 0.6) is 0 Å². The fourth-order valence-electron chi connectivity index (χ4n) is 5.24. The largest absolute Gasteiger partial charge is 0.287 e. The molecule has 0 amide bonds. The van der Waals surface area contributed by atoms with Crippen LogP contribution >= 0.6 is 11.8 Å². The maximum absolute atomic E-state index is 9.35. The highest BCUT2D eigenvalue weighted by Crippen LogP contribution is 2.59. The van der Waals surface area contributed by atoms with E-state index >= 15 is 0 Å². The fraction of sp³-hybridized carbons (Fsp3) is 0.786. The van der Waals surface area contributed by atoms with E-state index in [1.54, 1.807) is 11.8 Å². The molecule has 0 aliphatic heterocycles. The minimum atomic E-state index is 0.154. The van der Waals surface area contributed by atoms with Crippen molar-refractivity contribution in [3.05, 3.63) is 5.82 Å². The maximum atomic E-state index is 9.35. The van der Waals surface area contributed by atoms with Crippen LogP contribution in [0.2, 0.25) is 0 Å². The van der Waals surface area contributed by atoms with Gasteiger partial charge in [0.15, 0.2) is 5.16 Å². The van der Waals surface area contributed by atoms with Crippen LogP contribution in [0, 0.1) is 29.1 Å². The van der Waals surface area contributed by atoms with Crippen molar-refractivity contribution in [3.8, 4) is 6.07 Å². The van der Waals surface area contributed by atoms with Crippen molar-refractivity contribution in [2.45, 2.75) is 49.2 Å². The molecule has 4 nitrogen and oxygen atoms in total. The number of thioether (sulfide) groups is 1. The molecule has 1 aromatic rings. The Morgan fingerprint density at radius 3 is 2.21 bits per heavy atom. The topological polar surface area (TPSA) is 54.5 Å². The highest BCUT2D eigenvalue weighted by atomic mass is 32.2. The molecule has 4 fully saturated rings. The Bertz CT molecular complexity index is 521. The van der Waals surface area contributed by atoms with Gasteiger partial charge in [-0.3, -0.25) is 4.57 Å². The molecule has 0 radical (unpaired) electrons. The normalized spacial score (nSPS) is 39.5. The van der Waals surface area contributed by atoms with Crippen molar-refractivity contribution in [1.29, 1.82) is 5.26 Å². The van der Waals surface area contributed by atoms with Crippen molar-refractivity contribution in [3.63, 3.8) is 0 Å². The first kappa shape index (κ1) is 11.8. The first-order valence-corrected chi connectivity index (χ1v) is 8.36. The summed E-state index contributed by atoms with van der Waals surface area (Å²) in [5.74, 6) is 3.13. The quantitative estimate of drug-likeness (QED) is 0.778. The summed E-state index contributed by atoms with van der Waals surface area (Å²) in [4.78, 5) is 0. The van der Waals surface area contributed by atoms with E-state index < -0.39 is 0 Å². The van der Waals surface area contributed by atoms with Gasteiger partial charge in [-0.25, -0.2) is 0 Å². The van der Waals surface area contributed by atoms with Crippen LogP contribution in [0.3, 0.4) is 0 Å². The maximum Gasteiger partial charge on any atom is 0.236 e. The molecule has 0 saturated heterocycles. The van der Waals surface area contributed by atoms with Crippen LogP contribution in [0.25, 0.3) is 0 Å². The van der Waals surface area contributed by atoms with Crippen LogP contribution in [0.15, 0.2) is 5.16 Å². The highest BCUT2D eigenvalue weighted by molar-refractivity contribution is 7.98. The number of aromatic nitrogens is 3. The molecule has 1 heterocycles. The minimum absolute atomic E-state index is 0.154. The SMILES string of the molecule is CSc1nnc(C#N)n1C12CC3CC(CC(C3)C1)C2. The lowest BCUT2D eigenvalue weighted by molar-refractivity contribution is -0.0478.